The topological polar surface area (TPSA) is 66.4 Å². The van der Waals surface area contributed by atoms with E-state index in [1.807, 2.05) is 0 Å². The maximum absolute atomic E-state index is 12.1. The van der Waals surface area contributed by atoms with Gasteiger partial charge in [-0.3, -0.25) is 4.79 Å². The molecule has 0 unspecified atom stereocenters. The summed E-state index contributed by atoms with van der Waals surface area (Å²) in [6.07, 6.45) is 0. The molecule has 0 aliphatic carbocycles. The van der Waals surface area contributed by atoms with Gasteiger partial charge >= 0.3 is 5.97 Å². The van der Waals surface area contributed by atoms with Crippen molar-refractivity contribution in [3.05, 3.63) is 61.5 Å². The highest BCUT2D eigenvalue weighted by Gasteiger charge is 2.12. The Balaban J connectivity index is 2.27. The molecule has 0 saturated carbocycles. The number of aromatic carboxylic acids is 1. The van der Waals surface area contributed by atoms with Crippen LogP contribution in [0.3, 0.4) is 0 Å². The first-order valence-corrected chi connectivity index (χ1v) is 7.63. The Morgan fingerprint density at radius 1 is 1.10 bits per heavy atom. The second-order valence-corrected chi connectivity index (χ2v) is 6.32. The molecular weight excluding hydrogens is 425 g/mol. The van der Waals surface area contributed by atoms with Gasteiger partial charge in [0.1, 0.15) is 0 Å². The molecule has 0 spiro atoms. The first-order valence-electron chi connectivity index (χ1n) is 5.67. The molecule has 0 aliphatic heterocycles. The van der Waals surface area contributed by atoms with Gasteiger partial charge in [-0.25, -0.2) is 4.79 Å². The molecule has 2 aromatic carbocycles. The fourth-order valence-electron chi connectivity index (χ4n) is 1.66. The standard InChI is InChI=1S/C14H8Br2ClNO3/c15-8-3-7(4-9(17)5-8)13(19)18-10-1-2-12(16)11(6-10)14(20)21/h1-6H,(H,18,19)(H,20,21). The van der Waals surface area contributed by atoms with E-state index in [0.29, 0.717) is 25.2 Å². The molecule has 0 saturated heterocycles. The van der Waals surface area contributed by atoms with E-state index in [1.165, 1.54) is 12.1 Å². The van der Waals surface area contributed by atoms with E-state index in [0.717, 1.165) is 0 Å². The zero-order valence-electron chi connectivity index (χ0n) is 10.4. The van der Waals surface area contributed by atoms with E-state index >= 15 is 0 Å². The minimum Gasteiger partial charge on any atom is -0.478 e. The Labute approximate surface area is 142 Å². The predicted molar refractivity (Wildman–Crippen MR) is 88.2 cm³/mol. The molecule has 2 rings (SSSR count). The van der Waals surface area contributed by atoms with Crippen LogP contribution in [0.15, 0.2) is 45.3 Å². The Kier molecular flexibility index (Phi) is 5.03. The van der Waals surface area contributed by atoms with E-state index in [-0.39, 0.29) is 11.5 Å². The van der Waals surface area contributed by atoms with Crippen molar-refractivity contribution in [1.82, 2.24) is 0 Å². The quantitative estimate of drug-likeness (QED) is 0.730. The number of carbonyl (C=O) groups excluding carboxylic acids is 1. The average molecular weight is 433 g/mol. The Morgan fingerprint density at radius 2 is 1.81 bits per heavy atom. The summed E-state index contributed by atoms with van der Waals surface area (Å²) in [5.41, 5.74) is 0.825. The van der Waals surface area contributed by atoms with Crippen LogP contribution in [0.1, 0.15) is 20.7 Å². The molecular formula is C14H8Br2ClNO3. The third-order valence-electron chi connectivity index (χ3n) is 2.58. The molecule has 0 heterocycles. The fourth-order valence-corrected chi connectivity index (χ4v) is 2.93. The van der Waals surface area contributed by atoms with Gasteiger partial charge in [0.25, 0.3) is 5.91 Å². The van der Waals surface area contributed by atoms with Crippen molar-refractivity contribution in [1.29, 1.82) is 0 Å². The van der Waals surface area contributed by atoms with Crippen molar-refractivity contribution in [2.75, 3.05) is 5.32 Å². The van der Waals surface area contributed by atoms with Gasteiger partial charge < -0.3 is 10.4 Å². The van der Waals surface area contributed by atoms with Gasteiger partial charge in [0.2, 0.25) is 0 Å². The maximum Gasteiger partial charge on any atom is 0.336 e. The van der Waals surface area contributed by atoms with Crippen molar-refractivity contribution < 1.29 is 14.7 Å². The van der Waals surface area contributed by atoms with Crippen LogP contribution >= 0.6 is 43.5 Å². The first-order chi connectivity index (χ1) is 9.86. The van der Waals surface area contributed by atoms with Crippen LogP contribution in [0.5, 0.6) is 0 Å². The summed E-state index contributed by atoms with van der Waals surface area (Å²) in [7, 11) is 0. The average Bonchev–Trinajstić information content (AvgIpc) is 2.39. The molecule has 21 heavy (non-hydrogen) atoms. The van der Waals surface area contributed by atoms with E-state index in [9.17, 15) is 9.59 Å². The molecule has 7 heteroatoms. The lowest BCUT2D eigenvalue weighted by molar-refractivity contribution is 0.0695. The number of hydrogen-bond acceptors (Lipinski definition) is 2. The zero-order chi connectivity index (χ0) is 15.6. The van der Waals surface area contributed by atoms with Crippen LogP contribution in [0.4, 0.5) is 5.69 Å². The second-order valence-electron chi connectivity index (χ2n) is 4.11. The summed E-state index contributed by atoms with van der Waals surface area (Å²) in [5.74, 6) is -1.46. The SMILES string of the molecule is O=C(Nc1ccc(Br)c(C(=O)O)c1)c1cc(Cl)cc(Br)c1. The molecule has 0 radical (unpaired) electrons. The highest BCUT2D eigenvalue weighted by atomic mass is 79.9. The van der Waals surface area contributed by atoms with Crippen LogP contribution in [-0.2, 0) is 0 Å². The summed E-state index contributed by atoms with van der Waals surface area (Å²) in [5, 5.41) is 12.1. The summed E-state index contributed by atoms with van der Waals surface area (Å²) >= 11 is 12.3. The number of carboxylic acid groups (broad SMARTS) is 1. The van der Waals surface area contributed by atoms with E-state index in [2.05, 4.69) is 37.2 Å². The van der Waals surface area contributed by atoms with E-state index in [4.69, 9.17) is 16.7 Å². The van der Waals surface area contributed by atoms with Crippen LogP contribution in [-0.4, -0.2) is 17.0 Å². The van der Waals surface area contributed by atoms with Crippen molar-refractivity contribution in [3.8, 4) is 0 Å². The molecule has 2 aromatic rings. The number of carboxylic acids is 1. The molecule has 0 aromatic heterocycles. The second kappa shape index (κ2) is 6.60. The number of nitrogens with one attached hydrogen (secondary N) is 1. The first kappa shape index (κ1) is 16.0. The summed E-state index contributed by atoms with van der Waals surface area (Å²) in [4.78, 5) is 23.2. The number of hydrogen-bond donors (Lipinski definition) is 2. The van der Waals surface area contributed by atoms with Crippen LogP contribution in [0, 0.1) is 0 Å². The van der Waals surface area contributed by atoms with Crippen molar-refractivity contribution in [2.24, 2.45) is 0 Å². The summed E-state index contributed by atoms with van der Waals surface area (Å²) in [6.45, 7) is 0. The van der Waals surface area contributed by atoms with Gasteiger partial charge in [0.05, 0.1) is 5.56 Å². The van der Waals surface area contributed by atoms with Gasteiger partial charge in [-0.2, -0.15) is 0 Å². The minimum absolute atomic E-state index is 0.0695. The lowest BCUT2D eigenvalue weighted by Crippen LogP contribution is -2.12. The molecule has 4 nitrogen and oxygen atoms in total. The molecule has 0 bridgehead atoms. The lowest BCUT2D eigenvalue weighted by atomic mass is 10.1. The smallest absolute Gasteiger partial charge is 0.336 e. The molecule has 0 fully saturated rings. The highest BCUT2D eigenvalue weighted by molar-refractivity contribution is 9.10. The minimum atomic E-state index is -1.08. The molecule has 0 atom stereocenters. The van der Waals surface area contributed by atoms with E-state index < -0.39 is 5.97 Å². The Bertz CT molecular complexity index is 714. The number of rotatable bonds is 3. The molecule has 0 aliphatic rings. The number of amides is 1. The normalized spacial score (nSPS) is 10.2. The van der Waals surface area contributed by atoms with E-state index in [1.54, 1.807) is 24.3 Å². The van der Waals surface area contributed by atoms with Gasteiger partial charge in [0.15, 0.2) is 0 Å². The van der Waals surface area contributed by atoms with Crippen molar-refractivity contribution in [3.63, 3.8) is 0 Å². The number of anilines is 1. The van der Waals surface area contributed by atoms with Crippen LogP contribution in [0.25, 0.3) is 0 Å². The van der Waals surface area contributed by atoms with Crippen molar-refractivity contribution >= 4 is 61.0 Å². The third kappa shape index (κ3) is 4.06. The molecule has 2 N–H and O–H groups in total. The number of benzene rings is 2. The maximum atomic E-state index is 12.1. The fraction of sp³-hybridized carbons (Fsp3) is 0. The Morgan fingerprint density at radius 3 is 2.43 bits per heavy atom. The third-order valence-corrected chi connectivity index (χ3v) is 3.95. The summed E-state index contributed by atoms with van der Waals surface area (Å²) < 4.78 is 1.13. The zero-order valence-corrected chi connectivity index (χ0v) is 14.3. The van der Waals surface area contributed by atoms with Crippen LogP contribution < -0.4 is 5.32 Å². The number of halogens is 3. The van der Waals surface area contributed by atoms with Gasteiger partial charge in [-0.05, 0) is 52.3 Å². The van der Waals surface area contributed by atoms with Gasteiger partial charge in [-0.1, -0.05) is 27.5 Å². The lowest BCUT2D eigenvalue weighted by Gasteiger charge is -2.08. The van der Waals surface area contributed by atoms with Gasteiger partial charge in [0, 0.05) is 25.2 Å². The molecule has 108 valence electrons. The number of carbonyl (C=O) groups is 2. The van der Waals surface area contributed by atoms with Crippen molar-refractivity contribution in [2.45, 2.75) is 0 Å². The van der Waals surface area contributed by atoms with Crippen LogP contribution in [0.2, 0.25) is 5.02 Å². The largest absolute Gasteiger partial charge is 0.478 e. The predicted octanol–water partition coefficient (Wildman–Crippen LogP) is 4.82. The monoisotopic (exact) mass is 431 g/mol. The summed E-state index contributed by atoms with van der Waals surface area (Å²) in [6, 6.07) is 9.36. The molecule has 1 amide bonds. The highest BCUT2D eigenvalue weighted by Crippen LogP contribution is 2.23. The Hall–Kier alpha value is -1.37. The van der Waals surface area contributed by atoms with Gasteiger partial charge in [-0.15, -0.1) is 0 Å².